The van der Waals surface area contributed by atoms with E-state index in [0.29, 0.717) is 10.2 Å². The van der Waals surface area contributed by atoms with Crippen molar-refractivity contribution in [1.82, 2.24) is 5.43 Å². The summed E-state index contributed by atoms with van der Waals surface area (Å²) in [6.45, 7) is 2.00. The Bertz CT molecular complexity index is 800. The molecular formula is C16H14BrFN2O. The van der Waals surface area contributed by atoms with Crippen LogP contribution < -0.4 is 11.3 Å². The van der Waals surface area contributed by atoms with Gasteiger partial charge in [-0.15, -0.1) is 0 Å². The van der Waals surface area contributed by atoms with E-state index in [-0.39, 0.29) is 11.9 Å². The lowest BCUT2D eigenvalue weighted by molar-refractivity contribution is 0.475. The number of rotatable bonds is 3. The Morgan fingerprint density at radius 2 is 2.05 bits per heavy atom. The van der Waals surface area contributed by atoms with Gasteiger partial charge in [-0.2, -0.15) is 0 Å². The Morgan fingerprint density at radius 1 is 1.24 bits per heavy atom. The molecule has 3 rings (SSSR count). The molecule has 0 bridgehead atoms. The third-order valence-electron chi connectivity index (χ3n) is 3.49. The molecule has 0 radical (unpaired) electrons. The molecule has 21 heavy (non-hydrogen) atoms. The van der Waals surface area contributed by atoms with Crippen LogP contribution in [0.1, 0.15) is 22.9 Å². The maximum atomic E-state index is 13.4. The van der Waals surface area contributed by atoms with Gasteiger partial charge in [0.2, 0.25) is 0 Å². The monoisotopic (exact) mass is 348 g/mol. The third kappa shape index (κ3) is 2.60. The minimum atomic E-state index is -0.339. The number of furan rings is 1. The van der Waals surface area contributed by atoms with E-state index in [1.807, 2.05) is 31.2 Å². The van der Waals surface area contributed by atoms with E-state index in [1.54, 1.807) is 12.1 Å². The lowest BCUT2D eigenvalue weighted by Crippen LogP contribution is -2.28. The molecule has 1 unspecified atom stereocenters. The lowest BCUT2D eigenvalue weighted by atomic mass is 10.0. The van der Waals surface area contributed by atoms with E-state index in [0.717, 1.165) is 22.1 Å². The maximum Gasteiger partial charge on any atom is 0.137 e. The molecule has 0 saturated carbocycles. The predicted octanol–water partition coefficient (Wildman–Crippen LogP) is 4.20. The Hall–Kier alpha value is -1.69. The number of nitrogens with one attached hydrogen (secondary N) is 1. The quantitative estimate of drug-likeness (QED) is 0.551. The Kier molecular flexibility index (Phi) is 3.80. The summed E-state index contributed by atoms with van der Waals surface area (Å²) in [7, 11) is 0. The highest BCUT2D eigenvalue weighted by Crippen LogP contribution is 2.31. The summed E-state index contributed by atoms with van der Waals surface area (Å²) in [6.07, 6.45) is 0. The summed E-state index contributed by atoms with van der Waals surface area (Å²) in [5, 5.41) is 1.02. The molecule has 0 saturated heterocycles. The Balaban J connectivity index is 2.09. The largest absolute Gasteiger partial charge is 0.459 e. The molecule has 1 atom stereocenters. The molecule has 0 aliphatic rings. The van der Waals surface area contributed by atoms with Crippen LogP contribution in [0.25, 0.3) is 11.0 Å². The van der Waals surface area contributed by atoms with Crippen LogP contribution in [0.5, 0.6) is 0 Å². The van der Waals surface area contributed by atoms with Crippen LogP contribution in [0.2, 0.25) is 0 Å². The minimum absolute atomic E-state index is 0.310. The summed E-state index contributed by atoms with van der Waals surface area (Å²) in [6, 6.07) is 12.4. The van der Waals surface area contributed by atoms with Crippen LogP contribution in [0.15, 0.2) is 51.4 Å². The molecule has 0 aliphatic heterocycles. The van der Waals surface area contributed by atoms with Gasteiger partial charge < -0.3 is 4.42 Å². The highest BCUT2D eigenvalue weighted by atomic mass is 79.9. The molecule has 0 spiro atoms. The van der Waals surface area contributed by atoms with Crippen molar-refractivity contribution in [2.45, 2.75) is 13.0 Å². The number of para-hydroxylation sites is 1. The fourth-order valence-electron chi connectivity index (χ4n) is 2.41. The summed E-state index contributed by atoms with van der Waals surface area (Å²) in [5.41, 5.74) is 5.45. The van der Waals surface area contributed by atoms with E-state index < -0.39 is 0 Å². The van der Waals surface area contributed by atoms with Crippen molar-refractivity contribution in [2.75, 3.05) is 0 Å². The van der Waals surface area contributed by atoms with E-state index in [4.69, 9.17) is 10.3 Å². The van der Waals surface area contributed by atoms with Crippen molar-refractivity contribution >= 4 is 26.9 Å². The number of halogens is 2. The summed E-state index contributed by atoms with van der Waals surface area (Å²) < 4.78 is 19.7. The maximum absolute atomic E-state index is 13.4. The molecule has 0 aliphatic carbocycles. The topological polar surface area (TPSA) is 51.2 Å². The molecule has 3 aromatic rings. The number of fused-ring (bicyclic) bond motifs is 1. The van der Waals surface area contributed by atoms with Gasteiger partial charge in [0.25, 0.3) is 0 Å². The molecule has 108 valence electrons. The van der Waals surface area contributed by atoms with Crippen molar-refractivity contribution in [3.63, 3.8) is 0 Å². The van der Waals surface area contributed by atoms with Crippen molar-refractivity contribution in [2.24, 2.45) is 5.84 Å². The lowest BCUT2D eigenvalue weighted by Gasteiger charge is -2.14. The van der Waals surface area contributed by atoms with Gasteiger partial charge in [0.05, 0.1) is 4.47 Å². The normalized spacial score (nSPS) is 12.8. The van der Waals surface area contributed by atoms with E-state index in [1.165, 1.54) is 6.07 Å². The highest BCUT2D eigenvalue weighted by molar-refractivity contribution is 9.10. The molecule has 3 nitrogen and oxygen atoms in total. The molecule has 0 amide bonds. The van der Waals surface area contributed by atoms with Gasteiger partial charge in [0.15, 0.2) is 0 Å². The summed E-state index contributed by atoms with van der Waals surface area (Å²) >= 11 is 3.19. The van der Waals surface area contributed by atoms with Gasteiger partial charge in [-0.3, -0.25) is 5.84 Å². The highest BCUT2D eigenvalue weighted by Gasteiger charge is 2.18. The first kappa shape index (κ1) is 14.3. The van der Waals surface area contributed by atoms with Crippen LogP contribution in [0.3, 0.4) is 0 Å². The van der Waals surface area contributed by atoms with Crippen LogP contribution in [-0.4, -0.2) is 0 Å². The number of hydrazine groups is 1. The fraction of sp³-hybridized carbons (Fsp3) is 0.125. The molecule has 0 fully saturated rings. The number of benzene rings is 2. The van der Waals surface area contributed by atoms with Crippen molar-refractivity contribution in [3.8, 4) is 0 Å². The van der Waals surface area contributed by atoms with E-state index in [2.05, 4.69) is 21.4 Å². The zero-order valence-corrected chi connectivity index (χ0v) is 12.9. The summed E-state index contributed by atoms with van der Waals surface area (Å²) in [4.78, 5) is 0. The van der Waals surface area contributed by atoms with Gasteiger partial charge in [-0.1, -0.05) is 24.3 Å². The summed E-state index contributed by atoms with van der Waals surface area (Å²) in [5.74, 6) is 6.05. The first-order chi connectivity index (χ1) is 10.1. The molecular weight excluding hydrogens is 335 g/mol. The van der Waals surface area contributed by atoms with Gasteiger partial charge in [-0.05, 0) is 52.2 Å². The second-order valence-corrected chi connectivity index (χ2v) is 5.77. The number of hydrogen-bond donors (Lipinski definition) is 2. The van der Waals surface area contributed by atoms with E-state index in [9.17, 15) is 4.39 Å². The standard InChI is InChI=1S/C16H14BrFN2O/c1-9-3-2-4-11-8-14(21-16(9)11)15(20-19)10-5-6-13(18)12(17)7-10/h2-8,15,20H,19H2,1H3. The SMILES string of the molecule is Cc1cccc2cc(C(NN)c3ccc(F)c(Br)c3)oc12. The number of nitrogens with two attached hydrogens (primary N) is 1. The average molecular weight is 349 g/mol. The van der Waals surface area contributed by atoms with Crippen LogP contribution in [0, 0.1) is 12.7 Å². The number of aryl methyl sites for hydroxylation is 1. The zero-order valence-electron chi connectivity index (χ0n) is 11.4. The molecule has 5 heteroatoms. The number of hydrogen-bond acceptors (Lipinski definition) is 3. The first-order valence-electron chi connectivity index (χ1n) is 6.50. The van der Waals surface area contributed by atoms with Crippen molar-refractivity contribution in [3.05, 3.63) is 69.6 Å². The molecule has 1 heterocycles. The van der Waals surface area contributed by atoms with Crippen LogP contribution >= 0.6 is 15.9 Å². The second kappa shape index (κ2) is 5.60. The zero-order chi connectivity index (χ0) is 15.0. The van der Waals surface area contributed by atoms with Gasteiger partial charge in [0, 0.05) is 5.39 Å². The minimum Gasteiger partial charge on any atom is -0.459 e. The van der Waals surface area contributed by atoms with Gasteiger partial charge in [-0.25, -0.2) is 9.82 Å². The average Bonchev–Trinajstić information content (AvgIpc) is 2.89. The fourth-order valence-corrected chi connectivity index (χ4v) is 2.80. The molecule has 2 aromatic carbocycles. The first-order valence-corrected chi connectivity index (χ1v) is 7.29. The van der Waals surface area contributed by atoms with Gasteiger partial charge >= 0.3 is 0 Å². The third-order valence-corrected chi connectivity index (χ3v) is 4.10. The Labute approximate surface area is 130 Å². The smallest absolute Gasteiger partial charge is 0.137 e. The molecule has 3 N–H and O–H groups in total. The van der Waals surface area contributed by atoms with Gasteiger partial charge in [0.1, 0.15) is 23.2 Å². The van der Waals surface area contributed by atoms with Crippen molar-refractivity contribution < 1.29 is 8.81 Å². The molecule has 1 aromatic heterocycles. The van der Waals surface area contributed by atoms with Crippen LogP contribution in [0.4, 0.5) is 4.39 Å². The van der Waals surface area contributed by atoms with Crippen molar-refractivity contribution in [1.29, 1.82) is 0 Å². The van der Waals surface area contributed by atoms with Crippen LogP contribution in [-0.2, 0) is 0 Å². The predicted molar refractivity (Wildman–Crippen MR) is 84.2 cm³/mol. The Morgan fingerprint density at radius 3 is 2.71 bits per heavy atom. The second-order valence-electron chi connectivity index (χ2n) is 4.92. The van der Waals surface area contributed by atoms with E-state index >= 15 is 0 Å².